The van der Waals surface area contributed by atoms with Crippen LogP contribution in [0.25, 0.3) is 0 Å². The molecule has 0 aromatic heterocycles. The molecule has 0 spiro atoms. The zero-order valence-corrected chi connectivity index (χ0v) is 77.6. The Balaban J connectivity index is 5.24. The van der Waals surface area contributed by atoms with Gasteiger partial charge in [0.15, 0.2) is 12.2 Å². The van der Waals surface area contributed by atoms with E-state index < -0.39 is 97.5 Å². The van der Waals surface area contributed by atoms with Gasteiger partial charge in [0.05, 0.1) is 26.4 Å². The molecule has 0 fully saturated rings. The van der Waals surface area contributed by atoms with Gasteiger partial charge >= 0.3 is 39.5 Å². The van der Waals surface area contributed by atoms with E-state index in [0.29, 0.717) is 25.7 Å². The van der Waals surface area contributed by atoms with Crippen LogP contribution in [0.2, 0.25) is 0 Å². The third-order valence-electron chi connectivity index (χ3n) is 22.9. The van der Waals surface area contributed by atoms with Crippen LogP contribution in [0.15, 0.2) is 0 Å². The van der Waals surface area contributed by atoms with Crippen LogP contribution in [0.1, 0.15) is 535 Å². The second-order valence-electron chi connectivity index (χ2n) is 34.5. The van der Waals surface area contributed by atoms with Gasteiger partial charge in [-0.3, -0.25) is 37.3 Å². The largest absolute Gasteiger partial charge is 0.472 e. The van der Waals surface area contributed by atoms with E-state index in [0.717, 1.165) is 89.9 Å². The molecule has 0 aromatic carbocycles. The van der Waals surface area contributed by atoms with Gasteiger partial charge in [-0.25, -0.2) is 9.13 Å². The molecule has 19 heteroatoms. The molecule has 0 bridgehead atoms. The maximum Gasteiger partial charge on any atom is 0.472 e. The lowest BCUT2D eigenvalue weighted by molar-refractivity contribution is -0.161. The molecule has 0 rings (SSSR count). The number of aliphatic hydroxyl groups is 1. The summed E-state index contributed by atoms with van der Waals surface area (Å²) in [7, 11) is -9.94. The lowest BCUT2D eigenvalue weighted by atomic mass is 10.0. The van der Waals surface area contributed by atoms with E-state index in [9.17, 15) is 43.2 Å². The molecule has 5 atom stereocenters. The standard InChI is InChI=1S/C96H188O17P2/c1-5-9-13-17-21-25-29-33-36-39-42-45-46-49-52-55-59-63-67-71-75-79-83-96(101)113-92(87-107-94(99)81-77-73-69-65-61-57-53-50-47-43-40-37-34-30-26-22-18-14-10-6-2)89-111-115(104,105)109-85-90(97)84-108-114(102,103)110-88-91(86-106-93(98)80-76-72-68-64-60-56-32-28-24-20-16-12-8-4)112-95(100)82-78-74-70-66-62-58-54-51-48-44-41-38-35-31-27-23-19-15-11-7-3/h90-92,97H,5-89H2,1-4H3,(H,102,103)(H,104,105)/t90-,91+,92+/m0/s1. The van der Waals surface area contributed by atoms with Crippen molar-refractivity contribution >= 4 is 39.5 Å². The molecule has 0 aliphatic carbocycles. The van der Waals surface area contributed by atoms with Crippen LogP contribution in [-0.2, 0) is 65.4 Å². The first-order valence-electron chi connectivity index (χ1n) is 49.8. The number of esters is 4. The summed E-state index contributed by atoms with van der Waals surface area (Å²) in [5.41, 5.74) is 0. The van der Waals surface area contributed by atoms with E-state index >= 15 is 0 Å². The number of carbonyl (C=O) groups is 4. The molecule has 0 heterocycles. The maximum absolute atomic E-state index is 13.2. The zero-order valence-electron chi connectivity index (χ0n) is 75.8. The highest BCUT2D eigenvalue weighted by Crippen LogP contribution is 2.45. The molecular formula is C96H188O17P2. The minimum absolute atomic E-state index is 0.110. The number of hydrogen-bond acceptors (Lipinski definition) is 15. The summed E-state index contributed by atoms with van der Waals surface area (Å²) in [6.07, 6.45) is 89.1. The first-order chi connectivity index (χ1) is 56.2. The maximum atomic E-state index is 13.2. The fourth-order valence-electron chi connectivity index (χ4n) is 15.3. The Hall–Kier alpha value is -1.94. The first kappa shape index (κ1) is 113. The van der Waals surface area contributed by atoms with Gasteiger partial charge in [0.25, 0.3) is 0 Å². The molecule has 0 amide bonds. The fraction of sp³-hybridized carbons (Fsp3) is 0.958. The SMILES string of the molecule is CCCCCCCCCCCCCCCCCCCCCCCCC(=O)O[C@H](COC(=O)CCCCCCCCCCCCCCCCCCCCCC)COP(=O)(O)OC[C@@H](O)COP(=O)(O)OC[C@@H](COC(=O)CCCCCCCCCCCCCCC)OC(=O)CCCCCCCCCCCCCCCCCCCCCC. The van der Waals surface area contributed by atoms with Gasteiger partial charge in [0.1, 0.15) is 19.3 Å². The van der Waals surface area contributed by atoms with Gasteiger partial charge in [0, 0.05) is 25.7 Å². The summed E-state index contributed by atoms with van der Waals surface area (Å²) in [6.45, 7) is 5.12. The van der Waals surface area contributed by atoms with E-state index in [1.807, 2.05) is 0 Å². The smallest absolute Gasteiger partial charge is 0.462 e. The van der Waals surface area contributed by atoms with Crippen molar-refractivity contribution in [2.24, 2.45) is 0 Å². The number of ether oxygens (including phenoxy) is 4. The van der Waals surface area contributed by atoms with Crippen molar-refractivity contribution in [3.05, 3.63) is 0 Å². The van der Waals surface area contributed by atoms with Crippen LogP contribution < -0.4 is 0 Å². The third kappa shape index (κ3) is 89.6. The van der Waals surface area contributed by atoms with Gasteiger partial charge in [0.2, 0.25) is 0 Å². The number of carbonyl (C=O) groups excluding carboxylic acids is 4. The molecule has 115 heavy (non-hydrogen) atoms. The number of rotatable bonds is 97. The van der Waals surface area contributed by atoms with Crippen molar-refractivity contribution < 1.29 is 80.2 Å². The molecule has 3 N–H and O–H groups in total. The monoisotopic (exact) mass is 1680 g/mol. The van der Waals surface area contributed by atoms with Gasteiger partial charge in [-0.05, 0) is 25.7 Å². The van der Waals surface area contributed by atoms with Crippen molar-refractivity contribution in [1.82, 2.24) is 0 Å². The average molecular weight is 1680 g/mol. The van der Waals surface area contributed by atoms with Crippen molar-refractivity contribution in [3.63, 3.8) is 0 Å². The first-order valence-corrected chi connectivity index (χ1v) is 52.8. The molecule has 0 saturated carbocycles. The van der Waals surface area contributed by atoms with Crippen molar-refractivity contribution in [1.29, 1.82) is 0 Å². The van der Waals surface area contributed by atoms with E-state index in [-0.39, 0.29) is 25.7 Å². The van der Waals surface area contributed by atoms with E-state index in [1.165, 1.54) is 366 Å². The zero-order chi connectivity index (χ0) is 83.8. The highest BCUT2D eigenvalue weighted by Gasteiger charge is 2.31. The van der Waals surface area contributed by atoms with Crippen molar-refractivity contribution in [2.45, 2.75) is 553 Å². The molecule has 684 valence electrons. The highest BCUT2D eigenvalue weighted by atomic mass is 31.2. The quantitative estimate of drug-likeness (QED) is 0.0222. The van der Waals surface area contributed by atoms with Crippen LogP contribution in [0.5, 0.6) is 0 Å². The Morgan fingerprint density at radius 2 is 0.348 bits per heavy atom. The van der Waals surface area contributed by atoms with Crippen LogP contribution in [0.3, 0.4) is 0 Å². The summed E-state index contributed by atoms with van der Waals surface area (Å²) in [5.74, 6) is -2.08. The Kier molecular flexibility index (Phi) is 88.3. The lowest BCUT2D eigenvalue weighted by Crippen LogP contribution is -2.30. The van der Waals surface area contributed by atoms with Crippen LogP contribution in [-0.4, -0.2) is 96.7 Å². The van der Waals surface area contributed by atoms with Gasteiger partial charge in [-0.2, -0.15) is 0 Å². The van der Waals surface area contributed by atoms with E-state index in [4.69, 9.17) is 37.0 Å². The molecule has 0 aromatic rings. The summed E-state index contributed by atoms with van der Waals surface area (Å²) in [4.78, 5) is 73.6. The fourth-order valence-corrected chi connectivity index (χ4v) is 16.9. The predicted octanol–water partition coefficient (Wildman–Crippen LogP) is 30.4. The molecule has 0 aliphatic rings. The molecule has 17 nitrogen and oxygen atoms in total. The summed E-state index contributed by atoms with van der Waals surface area (Å²) in [6, 6.07) is 0. The molecule has 0 aliphatic heterocycles. The number of hydrogen-bond donors (Lipinski definition) is 3. The minimum atomic E-state index is -4.97. The lowest BCUT2D eigenvalue weighted by Gasteiger charge is -2.21. The molecule has 0 saturated heterocycles. The van der Waals surface area contributed by atoms with E-state index in [2.05, 4.69) is 27.7 Å². The van der Waals surface area contributed by atoms with Crippen molar-refractivity contribution in [2.75, 3.05) is 39.6 Å². The molecular weight excluding hydrogens is 1490 g/mol. The summed E-state index contributed by atoms with van der Waals surface area (Å²) in [5, 5.41) is 10.7. The normalized spacial score (nSPS) is 13.6. The Bertz CT molecular complexity index is 2160. The highest BCUT2D eigenvalue weighted by molar-refractivity contribution is 7.47. The van der Waals surface area contributed by atoms with Crippen molar-refractivity contribution in [3.8, 4) is 0 Å². The number of unbranched alkanes of at least 4 members (excludes halogenated alkanes) is 71. The number of phosphoric acid groups is 2. The number of phosphoric ester groups is 2. The predicted molar refractivity (Wildman–Crippen MR) is 479 cm³/mol. The Morgan fingerprint density at radius 3 is 0.513 bits per heavy atom. The van der Waals surface area contributed by atoms with Crippen LogP contribution >= 0.6 is 15.6 Å². The Labute approximate surface area is 708 Å². The third-order valence-corrected chi connectivity index (χ3v) is 24.8. The van der Waals surface area contributed by atoms with Gasteiger partial charge in [-0.15, -0.1) is 0 Å². The molecule has 0 radical (unpaired) electrons. The number of aliphatic hydroxyl groups excluding tert-OH is 1. The summed E-state index contributed by atoms with van der Waals surface area (Å²) < 4.78 is 69.3. The van der Waals surface area contributed by atoms with Gasteiger partial charge in [-0.1, -0.05) is 484 Å². The van der Waals surface area contributed by atoms with Crippen LogP contribution in [0, 0.1) is 0 Å². The van der Waals surface area contributed by atoms with Gasteiger partial charge < -0.3 is 33.8 Å². The Morgan fingerprint density at radius 1 is 0.209 bits per heavy atom. The summed E-state index contributed by atoms with van der Waals surface area (Å²) >= 11 is 0. The molecule has 2 unspecified atom stereocenters. The topological polar surface area (TPSA) is 237 Å². The van der Waals surface area contributed by atoms with E-state index in [1.54, 1.807) is 0 Å². The average Bonchev–Trinajstić information content (AvgIpc) is 0.899. The second-order valence-corrected chi connectivity index (χ2v) is 37.4. The minimum Gasteiger partial charge on any atom is -0.462 e. The van der Waals surface area contributed by atoms with Crippen LogP contribution in [0.4, 0.5) is 0 Å². The second kappa shape index (κ2) is 89.8.